The molecule has 1 N–H and O–H groups in total. The van der Waals surface area contributed by atoms with E-state index in [9.17, 15) is 26.7 Å². The summed E-state index contributed by atoms with van der Waals surface area (Å²) in [6.45, 7) is 2.18. The number of aromatic nitrogens is 2. The minimum atomic E-state index is -4.85. The van der Waals surface area contributed by atoms with Crippen molar-refractivity contribution in [3.63, 3.8) is 0 Å². The fourth-order valence-electron chi connectivity index (χ4n) is 4.58. The smallest absolute Gasteiger partial charge is 0.379 e. The minimum Gasteiger partial charge on any atom is -0.379 e. The molecule has 0 amide bonds. The summed E-state index contributed by atoms with van der Waals surface area (Å²) in [6.07, 6.45) is -5.34. The molecule has 6 nitrogen and oxygen atoms in total. The summed E-state index contributed by atoms with van der Waals surface area (Å²) in [5, 5.41) is 3.32. The van der Waals surface area contributed by atoms with E-state index in [0.29, 0.717) is 32.2 Å². The number of nitrogens with zero attached hydrogens (tertiary/aromatic N) is 3. The summed E-state index contributed by atoms with van der Waals surface area (Å²) in [7, 11) is 1.45. The maximum Gasteiger partial charge on any atom is 0.417 e. The van der Waals surface area contributed by atoms with Gasteiger partial charge in [-0.25, -0.2) is 13.6 Å². The van der Waals surface area contributed by atoms with Gasteiger partial charge in [-0.2, -0.15) is 18.2 Å². The van der Waals surface area contributed by atoms with Crippen LogP contribution in [0.3, 0.4) is 0 Å². The normalized spacial score (nSPS) is 18.7. The third kappa shape index (κ3) is 4.27. The quantitative estimate of drug-likeness (QED) is 0.538. The lowest BCUT2D eigenvalue weighted by atomic mass is 9.95. The molecule has 186 valence electrons. The van der Waals surface area contributed by atoms with Crippen LogP contribution in [0, 0.1) is 11.6 Å². The molecule has 0 saturated carbocycles. The molecule has 0 spiro atoms. The van der Waals surface area contributed by atoms with Gasteiger partial charge >= 0.3 is 11.9 Å². The van der Waals surface area contributed by atoms with Crippen LogP contribution in [0.5, 0.6) is 0 Å². The maximum atomic E-state index is 14.9. The summed E-state index contributed by atoms with van der Waals surface area (Å²) in [5.74, 6) is -1.63. The zero-order valence-corrected chi connectivity index (χ0v) is 19.4. The number of hydrogen-bond donors (Lipinski definition) is 1. The molecule has 2 aromatic carbocycles. The number of thioether (sulfide) groups is 1. The van der Waals surface area contributed by atoms with Gasteiger partial charge in [-0.1, -0.05) is 0 Å². The van der Waals surface area contributed by atoms with Gasteiger partial charge in [0.25, 0.3) is 0 Å². The van der Waals surface area contributed by atoms with Gasteiger partial charge < -0.3 is 15.0 Å². The molecule has 2 aliphatic heterocycles. The van der Waals surface area contributed by atoms with Crippen LogP contribution in [0.2, 0.25) is 0 Å². The number of nitrogens with one attached hydrogen (secondary N) is 1. The van der Waals surface area contributed by atoms with Crippen molar-refractivity contribution >= 4 is 28.5 Å². The molecule has 0 unspecified atom stereocenters. The van der Waals surface area contributed by atoms with Gasteiger partial charge in [0.1, 0.15) is 17.5 Å². The molecule has 2 aliphatic rings. The molecule has 1 atom stereocenters. The van der Waals surface area contributed by atoms with Crippen molar-refractivity contribution < 1.29 is 26.7 Å². The summed E-state index contributed by atoms with van der Waals surface area (Å²) >= 11 is 1.06. The maximum absolute atomic E-state index is 14.9. The minimum absolute atomic E-state index is 0.0807. The fraction of sp³-hybridized carbons (Fsp3) is 0.391. The van der Waals surface area contributed by atoms with E-state index < -0.39 is 46.3 Å². The van der Waals surface area contributed by atoms with E-state index in [1.54, 1.807) is 4.90 Å². The molecule has 0 bridgehead atoms. The van der Waals surface area contributed by atoms with Crippen molar-refractivity contribution in [3.8, 4) is 11.1 Å². The summed E-state index contributed by atoms with van der Waals surface area (Å²) in [4.78, 5) is 19.2. The van der Waals surface area contributed by atoms with Crippen LogP contribution in [0.25, 0.3) is 22.0 Å². The lowest BCUT2D eigenvalue weighted by Crippen LogP contribution is -2.45. The number of anilines is 1. The van der Waals surface area contributed by atoms with Crippen molar-refractivity contribution in [3.05, 3.63) is 51.9 Å². The number of hydrogen-bond acceptors (Lipinski definition) is 6. The van der Waals surface area contributed by atoms with Gasteiger partial charge in [0.15, 0.2) is 0 Å². The van der Waals surface area contributed by atoms with Crippen LogP contribution in [0.4, 0.5) is 27.8 Å². The molecule has 1 aromatic heterocycles. The van der Waals surface area contributed by atoms with E-state index in [0.717, 1.165) is 30.0 Å². The Hall–Kier alpha value is -2.70. The molecule has 35 heavy (non-hydrogen) atoms. The Bertz CT molecular complexity index is 1350. The van der Waals surface area contributed by atoms with Gasteiger partial charge in [-0.15, -0.1) is 11.8 Å². The Morgan fingerprint density at radius 1 is 1.17 bits per heavy atom. The topological polar surface area (TPSA) is 59.4 Å². The molecular formula is C23H21F5N4O2S. The Morgan fingerprint density at radius 2 is 1.91 bits per heavy atom. The van der Waals surface area contributed by atoms with Crippen molar-refractivity contribution in [2.24, 2.45) is 0 Å². The molecule has 12 heteroatoms. The number of piperazine rings is 1. The zero-order valence-electron chi connectivity index (χ0n) is 18.6. The molecular weight excluding hydrogens is 491 g/mol. The number of alkyl halides is 3. The molecule has 3 aromatic rings. The van der Waals surface area contributed by atoms with Gasteiger partial charge in [0.2, 0.25) is 0 Å². The monoisotopic (exact) mass is 512 g/mol. The van der Waals surface area contributed by atoms with Gasteiger partial charge in [-0.3, -0.25) is 4.57 Å². The number of halogens is 5. The van der Waals surface area contributed by atoms with E-state index in [-0.39, 0.29) is 33.9 Å². The first-order chi connectivity index (χ1) is 16.7. The Balaban J connectivity index is 1.92. The first kappa shape index (κ1) is 24.0. The van der Waals surface area contributed by atoms with Crippen LogP contribution in [0.15, 0.2) is 34.0 Å². The number of methoxy groups -OCH3 is 1. The van der Waals surface area contributed by atoms with Crippen molar-refractivity contribution in [2.75, 3.05) is 43.9 Å². The largest absolute Gasteiger partial charge is 0.417 e. The van der Waals surface area contributed by atoms with E-state index in [1.165, 1.54) is 11.7 Å². The van der Waals surface area contributed by atoms with E-state index >= 15 is 0 Å². The molecule has 1 fully saturated rings. The lowest BCUT2D eigenvalue weighted by molar-refractivity contribution is -0.137. The molecule has 3 heterocycles. The van der Waals surface area contributed by atoms with Crippen molar-refractivity contribution in [1.29, 1.82) is 0 Å². The number of ether oxygens (including phenoxy) is 1. The van der Waals surface area contributed by atoms with Crippen molar-refractivity contribution in [2.45, 2.75) is 23.7 Å². The second-order valence-corrected chi connectivity index (χ2v) is 9.41. The highest BCUT2D eigenvalue weighted by Crippen LogP contribution is 2.48. The zero-order chi connectivity index (χ0) is 24.9. The standard InChI is InChI=1S/C23H21F5N4O2S/c1-34-13-10-32-19-15(21(30-22(32)33)31-6-4-29-5-7-31)9-16(23(26,27)28)18(20(19)35-11-13)14-3-2-12(24)8-17(14)25/h2-3,8-9,13,29H,4-7,10-11H2,1H3/t13-/m1/s1. The predicted octanol–water partition coefficient (Wildman–Crippen LogP) is 3.89. The van der Waals surface area contributed by atoms with Crippen LogP contribution in [-0.4, -0.2) is 54.7 Å². The van der Waals surface area contributed by atoms with Gasteiger partial charge in [-0.05, 0) is 18.2 Å². The number of benzene rings is 2. The van der Waals surface area contributed by atoms with Gasteiger partial charge in [0.05, 0.1) is 23.7 Å². The Kier molecular flexibility index (Phi) is 6.22. The van der Waals surface area contributed by atoms with Crippen LogP contribution in [0.1, 0.15) is 5.56 Å². The van der Waals surface area contributed by atoms with Crippen LogP contribution in [-0.2, 0) is 17.5 Å². The highest BCUT2D eigenvalue weighted by molar-refractivity contribution is 7.99. The second kappa shape index (κ2) is 9.07. The Morgan fingerprint density at radius 3 is 2.57 bits per heavy atom. The van der Waals surface area contributed by atoms with E-state index in [1.807, 2.05) is 0 Å². The average molecular weight is 513 g/mol. The fourth-order valence-corrected chi connectivity index (χ4v) is 5.89. The highest BCUT2D eigenvalue weighted by Gasteiger charge is 2.39. The van der Waals surface area contributed by atoms with Crippen molar-refractivity contribution in [1.82, 2.24) is 14.9 Å². The summed E-state index contributed by atoms with van der Waals surface area (Å²) in [6, 6.07) is 3.40. The summed E-state index contributed by atoms with van der Waals surface area (Å²) < 4.78 is 78.7. The molecule has 5 rings (SSSR count). The SMILES string of the molecule is CO[C@H]1CSc2c(-c3ccc(F)cc3F)c(C(F)(F)F)cc3c(N4CCNCC4)nc(=O)n(c23)C1. The molecule has 0 radical (unpaired) electrons. The predicted molar refractivity (Wildman–Crippen MR) is 123 cm³/mol. The van der Waals surface area contributed by atoms with Crippen LogP contribution >= 0.6 is 11.8 Å². The molecule has 1 saturated heterocycles. The Labute approximate surface area is 201 Å². The lowest BCUT2D eigenvalue weighted by Gasteiger charge is -2.30. The first-order valence-electron chi connectivity index (χ1n) is 10.9. The second-order valence-electron chi connectivity index (χ2n) is 8.38. The third-order valence-corrected chi connectivity index (χ3v) is 7.48. The highest BCUT2D eigenvalue weighted by atomic mass is 32.2. The third-order valence-electron chi connectivity index (χ3n) is 6.25. The summed E-state index contributed by atoms with van der Waals surface area (Å²) in [5.41, 5.74) is -2.26. The van der Waals surface area contributed by atoms with Crippen LogP contribution < -0.4 is 15.9 Å². The van der Waals surface area contributed by atoms with E-state index in [2.05, 4.69) is 10.3 Å². The van der Waals surface area contributed by atoms with Gasteiger partial charge in [0, 0.05) is 66.5 Å². The number of rotatable bonds is 3. The average Bonchev–Trinajstić information content (AvgIpc) is 3.02. The first-order valence-corrected chi connectivity index (χ1v) is 11.9. The molecule has 0 aliphatic carbocycles. The van der Waals surface area contributed by atoms with E-state index in [4.69, 9.17) is 4.74 Å².